The van der Waals surface area contributed by atoms with E-state index in [-0.39, 0.29) is 23.4 Å². The highest BCUT2D eigenvalue weighted by Gasteiger charge is 2.30. The molecule has 216 valence electrons. The third-order valence-electron chi connectivity index (χ3n) is 6.42. The monoisotopic (exact) mass is 566 g/mol. The third-order valence-corrected chi connectivity index (χ3v) is 6.77. The van der Waals surface area contributed by atoms with Gasteiger partial charge in [0.05, 0.1) is 18.9 Å². The van der Waals surface area contributed by atoms with Crippen molar-refractivity contribution in [1.82, 2.24) is 14.9 Å². The highest BCUT2D eigenvalue weighted by molar-refractivity contribution is 7.80. The van der Waals surface area contributed by atoms with Crippen molar-refractivity contribution in [2.45, 2.75) is 54.1 Å². The molecule has 1 aromatic carbocycles. The van der Waals surface area contributed by atoms with E-state index in [9.17, 15) is 8.76 Å². The van der Waals surface area contributed by atoms with Crippen molar-refractivity contribution in [2.75, 3.05) is 37.6 Å². The van der Waals surface area contributed by atoms with Gasteiger partial charge in [-0.25, -0.2) is 13.9 Å². The number of rotatable bonds is 11. The molecular weight excluding hydrogens is 524 g/mol. The zero-order valence-corrected chi connectivity index (χ0v) is 25.3. The summed E-state index contributed by atoms with van der Waals surface area (Å²) in [4.78, 5) is 11.3. The second-order valence-electron chi connectivity index (χ2n) is 11.7. The zero-order valence-electron chi connectivity index (χ0n) is 24.4. The summed E-state index contributed by atoms with van der Waals surface area (Å²) < 4.78 is 36.0. The topological polar surface area (TPSA) is 96.8 Å². The van der Waals surface area contributed by atoms with Gasteiger partial charge in [-0.2, -0.15) is 4.98 Å². The van der Waals surface area contributed by atoms with Crippen LogP contribution < -0.4 is 9.46 Å². The van der Waals surface area contributed by atoms with Gasteiger partial charge in [-0.05, 0) is 55.7 Å². The number of aryl methyl sites for hydroxylation is 2. The molecule has 1 saturated heterocycles. The molecule has 1 aliphatic rings. The molecule has 8 nitrogen and oxygen atoms in total. The molecule has 0 radical (unpaired) electrons. The number of anilines is 1. The number of hydrogen-bond donors (Lipinski definition) is 2. The van der Waals surface area contributed by atoms with Crippen LogP contribution >= 0.6 is 0 Å². The maximum Gasteiger partial charge on any atom is 0.261 e. The second-order valence-corrected chi connectivity index (χ2v) is 12.4. The molecule has 2 N–H and O–H groups in total. The highest BCUT2D eigenvalue weighted by atomic mass is 32.2. The van der Waals surface area contributed by atoms with Gasteiger partial charge in [0, 0.05) is 31.3 Å². The SMILES string of the molecule is C#C/C=C\C=C(/C)CN1CC(COCC(C)(C)C)CC(Oc2cc(-c3c(C)cccc3C)nc(NS(=O)O)n2)C1. The molecule has 9 heteroatoms. The molecule has 0 bridgehead atoms. The van der Waals surface area contributed by atoms with Gasteiger partial charge in [-0.1, -0.05) is 62.6 Å². The number of benzene rings is 1. The molecule has 0 aliphatic carbocycles. The average Bonchev–Trinajstić information content (AvgIpc) is 2.82. The van der Waals surface area contributed by atoms with E-state index in [0.717, 1.165) is 36.2 Å². The second kappa shape index (κ2) is 14.6. The van der Waals surface area contributed by atoms with E-state index in [1.165, 1.54) is 5.57 Å². The van der Waals surface area contributed by atoms with Gasteiger partial charge in [0.15, 0.2) is 0 Å². The van der Waals surface area contributed by atoms with Crippen molar-refractivity contribution < 1.29 is 18.2 Å². The van der Waals surface area contributed by atoms with Crippen molar-refractivity contribution in [1.29, 1.82) is 0 Å². The molecular formula is C31H42N4O4S. The summed E-state index contributed by atoms with van der Waals surface area (Å²) in [6, 6.07) is 7.82. The molecule has 2 aromatic rings. The molecule has 3 atom stereocenters. The van der Waals surface area contributed by atoms with Gasteiger partial charge in [-0.15, -0.1) is 6.42 Å². The van der Waals surface area contributed by atoms with E-state index in [4.69, 9.17) is 15.9 Å². The van der Waals surface area contributed by atoms with Crippen LogP contribution in [-0.2, 0) is 16.0 Å². The minimum atomic E-state index is -2.32. The van der Waals surface area contributed by atoms with E-state index in [1.54, 1.807) is 12.1 Å². The quantitative estimate of drug-likeness (QED) is 0.208. The van der Waals surface area contributed by atoms with Crippen molar-refractivity contribution in [3.63, 3.8) is 0 Å². The van der Waals surface area contributed by atoms with E-state index >= 15 is 0 Å². The van der Waals surface area contributed by atoms with Gasteiger partial charge >= 0.3 is 0 Å². The van der Waals surface area contributed by atoms with Gasteiger partial charge in [0.2, 0.25) is 11.8 Å². The van der Waals surface area contributed by atoms with Crippen LogP contribution in [0.4, 0.5) is 5.95 Å². The number of hydrogen-bond acceptors (Lipinski definition) is 6. The van der Waals surface area contributed by atoms with Gasteiger partial charge in [0.25, 0.3) is 11.3 Å². The number of aromatic nitrogens is 2. The van der Waals surface area contributed by atoms with Gasteiger partial charge < -0.3 is 9.47 Å². The van der Waals surface area contributed by atoms with Crippen molar-refractivity contribution in [3.05, 3.63) is 59.2 Å². The normalized spacial score (nSPS) is 19.4. The lowest BCUT2D eigenvalue weighted by atomic mass is 9.95. The first-order valence-electron chi connectivity index (χ1n) is 13.5. The summed E-state index contributed by atoms with van der Waals surface area (Å²) in [5.41, 5.74) is 4.95. The lowest BCUT2D eigenvalue weighted by Gasteiger charge is -2.38. The summed E-state index contributed by atoms with van der Waals surface area (Å²) in [5, 5.41) is 0. The lowest BCUT2D eigenvalue weighted by molar-refractivity contribution is -0.00413. The molecule has 3 rings (SSSR count). The summed E-state index contributed by atoms with van der Waals surface area (Å²) in [6.07, 6.45) is 11.6. The van der Waals surface area contributed by atoms with Crippen LogP contribution in [-0.4, -0.2) is 62.6 Å². The van der Waals surface area contributed by atoms with Gasteiger partial charge in [-0.3, -0.25) is 9.45 Å². The van der Waals surface area contributed by atoms with E-state index in [1.807, 2.05) is 44.2 Å². The number of likely N-dealkylation sites (tertiary alicyclic amines) is 1. The Morgan fingerprint density at radius 3 is 2.65 bits per heavy atom. The average molecular weight is 567 g/mol. The molecule has 0 amide bonds. The third kappa shape index (κ3) is 10.2. The Balaban J connectivity index is 1.87. The summed E-state index contributed by atoms with van der Waals surface area (Å²) >= 11 is -2.32. The van der Waals surface area contributed by atoms with Crippen LogP contribution in [0.25, 0.3) is 11.3 Å². The minimum Gasteiger partial charge on any atom is -0.473 e. The number of ether oxygens (including phenoxy) is 2. The molecule has 1 fully saturated rings. The van der Waals surface area contributed by atoms with Gasteiger partial charge in [0.1, 0.15) is 6.10 Å². The predicted molar refractivity (Wildman–Crippen MR) is 162 cm³/mol. The first kappa shape index (κ1) is 31.5. The van der Waals surface area contributed by atoms with E-state index in [0.29, 0.717) is 31.3 Å². The Labute approximate surface area is 241 Å². The molecule has 2 heterocycles. The van der Waals surface area contributed by atoms with E-state index < -0.39 is 11.3 Å². The molecule has 1 aliphatic heterocycles. The van der Waals surface area contributed by atoms with Crippen LogP contribution in [0.5, 0.6) is 5.88 Å². The summed E-state index contributed by atoms with van der Waals surface area (Å²) in [7, 11) is 0. The fourth-order valence-electron chi connectivity index (χ4n) is 4.92. The molecule has 3 unspecified atom stereocenters. The highest BCUT2D eigenvalue weighted by Crippen LogP contribution is 2.30. The van der Waals surface area contributed by atoms with Crippen molar-refractivity contribution in [2.24, 2.45) is 11.3 Å². The predicted octanol–water partition coefficient (Wildman–Crippen LogP) is 5.58. The van der Waals surface area contributed by atoms with Crippen LogP contribution in [0.15, 0.2) is 48.1 Å². The number of terminal acetylenes is 1. The number of allylic oxidation sites excluding steroid dienone is 3. The fourth-order valence-corrected chi connectivity index (χ4v) is 5.16. The van der Waals surface area contributed by atoms with Crippen molar-refractivity contribution >= 4 is 17.2 Å². The number of nitrogens with one attached hydrogen (secondary N) is 1. The van der Waals surface area contributed by atoms with Crippen LogP contribution in [0.3, 0.4) is 0 Å². The smallest absolute Gasteiger partial charge is 0.261 e. The molecule has 40 heavy (non-hydrogen) atoms. The Morgan fingerprint density at radius 1 is 1.27 bits per heavy atom. The Bertz CT molecular complexity index is 1260. The molecule has 0 saturated carbocycles. The fraction of sp³-hybridized carbons (Fsp3) is 0.484. The van der Waals surface area contributed by atoms with Crippen molar-refractivity contribution in [3.8, 4) is 29.5 Å². The minimum absolute atomic E-state index is 0.0350. The standard InChI is InChI=1S/C31H42N4O4S/c1-8-9-10-12-22(2)17-35-18-25(20-38-21-31(5,6)7)15-26(19-35)39-28-16-27(32-30(33-28)34-40(36)37)29-23(3)13-11-14-24(29)4/h1,9-14,16,25-26H,15,17-21H2,2-7H3,(H,36,37)(H,32,33,34)/b10-9-,22-12+. The first-order valence-corrected chi connectivity index (χ1v) is 14.6. The Kier molecular flexibility index (Phi) is 11.5. The number of nitrogens with zero attached hydrogens (tertiary/aromatic N) is 3. The van der Waals surface area contributed by atoms with E-state index in [2.05, 4.69) is 53.2 Å². The number of piperidine rings is 1. The maximum absolute atomic E-state index is 11.5. The summed E-state index contributed by atoms with van der Waals surface area (Å²) in [5.74, 6) is 3.18. The first-order chi connectivity index (χ1) is 18.9. The lowest BCUT2D eigenvalue weighted by Crippen LogP contribution is -2.47. The van der Waals surface area contributed by atoms with Crippen LogP contribution in [0.1, 0.15) is 45.2 Å². The largest absolute Gasteiger partial charge is 0.473 e. The zero-order chi connectivity index (χ0) is 29.3. The van der Waals surface area contributed by atoms with Crippen LogP contribution in [0.2, 0.25) is 0 Å². The molecule has 0 spiro atoms. The molecule has 1 aromatic heterocycles. The van der Waals surface area contributed by atoms with Crippen LogP contribution in [0, 0.1) is 37.5 Å². The maximum atomic E-state index is 11.5. The Morgan fingerprint density at radius 2 is 2.00 bits per heavy atom. The summed E-state index contributed by atoms with van der Waals surface area (Å²) in [6.45, 7) is 16.3. The Hall–Kier alpha value is -3.03.